The molecule has 8 fully saturated rings. The lowest BCUT2D eigenvalue weighted by Gasteiger charge is -2.74. The van der Waals surface area contributed by atoms with E-state index < -0.39 is 0 Å². The number of carbonyl (C=O) groups is 1. The lowest BCUT2D eigenvalue weighted by atomic mass is 9.31. The third-order valence-corrected chi connectivity index (χ3v) is 12.0. The van der Waals surface area contributed by atoms with E-state index in [1.54, 1.807) is 0 Å². The molecule has 0 radical (unpaired) electrons. The summed E-state index contributed by atoms with van der Waals surface area (Å²) in [6, 6.07) is 0. The highest BCUT2D eigenvalue weighted by molar-refractivity contribution is 5.82. The molecule has 0 amide bonds. The van der Waals surface area contributed by atoms with Gasteiger partial charge in [-0.2, -0.15) is 0 Å². The first-order valence-corrected chi connectivity index (χ1v) is 12.4. The fourth-order valence-corrected chi connectivity index (χ4v) is 10.2. The van der Waals surface area contributed by atoms with E-state index >= 15 is 0 Å². The summed E-state index contributed by atoms with van der Waals surface area (Å²) >= 11 is 0. The molecular formula is C26H40O2. The zero-order valence-electron chi connectivity index (χ0n) is 18.7. The molecule has 0 aromatic carbocycles. The summed E-state index contributed by atoms with van der Waals surface area (Å²) in [6.07, 6.45) is 11.6. The van der Waals surface area contributed by atoms with E-state index in [9.17, 15) is 4.79 Å². The van der Waals surface area contributed by atoms with E-state index in [1.807, 2.05) is 0 Å². The third kappa shape index (κ3) is 1.91. The van der Waals surface area contributed by atoms with Gasteiger partial charge in [0.1, 0.15) is 5.60 Å². The monoisotopic (exact) mass is 384 g/mol. The minimum Gasteiger partial charge on any atom is -0.458 e. The molecule has 8 saturated carbocycles. The summed E-state index contributed by atoms with van der Waals surface area (Å²) < 4.78 is 6.66. The Morgan fingerprint density at radius 3 is 1.75 bits per heavy atom. The van der Waals surface area contributed by atoms with Crippen molar-refractivity contribution in [1.82, 2.24) is 0 Å². The minimum absolute atomic E-state index is 0.118. The Kier molecular flexibility index (Phi) is 3.39. The fourth-order valence-electron chi connectivity index (χ4n) is 10.2. The maximum absolute atomic E-state index is 13.5. The second-order valence-corrected chi connectivity index (χ2v) is 12.9. The highest BCUT2D eigenvalue weighted by Gasteiger charge is 2.72. The Morgan fingerprint density at radius 1 is 0.929 bits per heavy atom. The van der Waals surface area contributed by atoms with Crippen molar-refractivity contribution in [3.05, 3.63) is 0 Å². The van der Waals surface area contributed by atoms with Crippen molar-refractivity contribution < 1.29 is 9.53 Å². The van der Waals surface area contributed by atoms with Crippen LogP contribution < -0.4 is 0 Å². The molecular weight excluding hydrogens is 344 g/mol. The van der Waals surface area contributed by atoms with Gasteiger partial charge in [-0.25, -0.2) is 0 Å². The van der Waals surface area contributed by atoms with E-state index in [2.05, 4.69) is 34.6 Å². The van der Waals surface area contributed by atoms with Crippen LogP contribution >= 0.6 is 0 Å². The number of esters is 1. The second kappa shape index (κ2) is 5.20. The van der Waals surface area contributed by atoms with Crippen LogP contribution in [-0.2, 0) is 9.53 Å². The SMILES string of the molecule is CCC(C)(OC(=O)C1(CC)CC1(C)C)C12CC3C4CC5CC3C(C1)C(C5)C4C2. The standard InChI is InChI=1S/C26H40O2/c1-6-24(5,28-22(27)26(7-2)14-23(26,3)4)25-11-19-16-8-15-9-17(19)21(13-25)18(10-15)20(16)12-25/h15-21H,6-14H2,1-5H3. The molecule has 0 aromatic rings. The molecule has 28 heavy (non-hydrogen) atoms. The van der Waals surface area contributed by atoms with Crippen LogP contribution in [0.15, 0.2) is 0 Å². The number of hydrogen-bond donors (Lipinski definition) is 0. The second-order valence-electron chi connectivity index (χ2n) is 12.9. The van der Waals surface area contributed by atoms with E-state index in [1.165, 1.54) is 38.5 Å². The van der Waals surface area contributed by atoms with Crippen molar-refractivity contribution >= 4 is 5.97 Å². The molecule has 0 spiro atoms. The smallest absolute Gasteiger partial charge is 0.313 e. The number of rotatable bonds is 5. The number of carbonyl (C=O) groups excluding carboxylic acids is 1. The Balaban J connectivity index is 1.32. The summed E-state index contributed by atoms with van der Waals surface area (Å²) in [5.74, 6) is 7.11. The largest absolute Gasteiger partial charge is 0.458 e. The van der Waals surface area contributed by atoms with E-state index in [0.29, 0.717) is 0 Å². The molecule has 8 bridgehead atoms. The Labute approximate surface area is 171 Å². The van der Waals surface area contributed by atoms with Crippen LogP contribution in [0.2, 0.25) is 0 Å². The van der Waals surface area contributed by atoms with Gasteiger partial charge >= 0.3 is 5.97 Å². The first kappa shape index (κ1) is 18.3. The summed E-state index contributed by atoms with van der Waals surface area (Å²) in [7, 11) is 0. The predicted octanol–water partition coefficient (Wildman–Crippen LogP) is 6.23. The van der Waals surface area contributed by atoms with Gasteiger partial charge in [0.05, 0.1) is 5.41 Å². The quantitative estimate of drug-likeness (QED) is 0.525. The van der Waals surface area contributed by atoms with Crippen molar-refractivity contribution in [2.24, 2.45) is 57.7 Å². The topological polar surface area (TPSA) is 26.3 Å². The summed E-state index contributed by atoms with van der Waals surface area (Å²) in [5.41, 5.74) is -0.103. The molecule has 0 aromatic heterocycles. The van der Waals surface area contributed by atoms with E-state index in [4.69, 9.17) is 4.74 Å². The molecule has 156 valence electrons. The van der Waals surface area contributed by atoms with Crippen LogP contribution in [0.4, 0.5) is 0 Å². The maximum atomic E-state index is 13.5. The van der Waals surface area contributed by atoms with Crippen molar-refractivity contribution in [1.29, 1.82) is 0 Å². The van der Waals surface area contributed by atoms with Crippen LogP contribution in [0.25, 0.3) is 0 Å². The lowest BCUT2D eigenvalue weighted by Crippen LogP contribution is -2.69. The van der Waals surface area contributed by atoms with Crippen molar-refractivity contribution in [2.75, 3.05) is 0 Å². The molecule has 0 heterocycles. The molecule has 2 nitrogen and oxygen atoms in total. The average Bonchev–Trinajstić information content (AvgIpc) is 3.27. The highest BCUT2D eigenvalue weighted by atomic mass is 16.6. The van der Waals surface area contributed by atoms with Gasteiger partial charge in [-0.05, 0) is 112 Å². The summed E-state index contributed by atoms with van der Waals surface area (Å²) in [6.45, 7) is 11.3. The number of ether oxygens (including phenoxy) is 1. The zero-order valence-corrected chi connectivity index (χ0v) is 18.7. The molecule has 0 N–H and O–H groups in total. The first-order chi connectivity index (χ1) is 13.2. The Morgan fingerprint density at radius 2 is 1.39 bits per heavy atom. The Bertz CT molecular complexity index is 662. The van der Waals surface area contributed by atoms with Crippen LogP contribution in [-0.4, -0.2) is 11.6 Å². The molecule has 2 unspecified atom stereocenters. The maximum Gasteiger partial charge on any atom is 0.313 e. The molecule has 8 rings (SSSR count). The molecule has 0 aliphatic heterocycles. The van der Waals surface area contributed by atoms with Gasteiger partial charge in [-0.3, -0.25) is 4.79 Å². The molecule has 0 saturated heterocycles. The van der Waals surface area contributed by atoms with Gasteiger partial charge in [0.15, 0.2) is 0 Å². The van der Waals surface area contributed by atoms with E-state index in [0.717, 1.165) is 60.7 Å². The van der Waals surface area contributed by atoms with Gasteiger partial charge in [0, 0.05) is 5.41 Å². The number of hydrogen-bond acceptors (Lipinski definition) is 2. The van der Waals surface area contributed by atoms with Gasteiger partial charge in [0.2, 0.25) is 0 Å². The average molecular weight is 385 g/mol. The Hall–Kier alpha value is -0.530. The third-order valence-electron chi connectivity index (χ3n) is 12.0. The minimum atomic E-state index is -0.265. The van der Waals surface area contributed by atoms with Crippen LogP contribution in [0.5, 0.6) is 0 Å². The molecule has 2 heteroatoms. The molecule has 8 aliphatic rings. The summed E-state index contributed by atoms with van der Waals surface area (Å²) in [4.78, 5) is 13.5. The lowest BCUT2D eigenvalue weighted by molar-refractivity contribution is -0.278. The van der Waals surface area contributed by atoms with Crippen molar-refractivity contribution in [2.45, 2.75) is 98.0 Å². The van der Waals surface area contributed by atoms with Crippen molar-refractivity contribution in [3.8, 4) is 0 Å². The highest BCUT2D eigenvalue weighted by Crippen LogP contribution is 2.76. The van der Waals surface area contributed by atoms with Gasteiger partial charge in [-0.1, -0.05) is 27.7 Å². The zero-order chi connectivity index (χ0) is 19.7. The molecule has 2 atom stereocenters. The normalized spacial score (nSPS) is 56.0. The van der Waals surface area contributed by atoms with Gasteiger partial charge in [0.25, 0.3) is 0 Å². The molecule has 8 aliphatic carbocycles. The van der Waals surface area contributed by atoms with Gasteiger partial charge < -0.3 is 4.74 Å². The van der Waals surface area contributed by atoms with Gasteiger partial charge in [-0.15, -0.1) is 0 Å². The van der Waals surface area contributed by atoms with E-state index in [-0.39, 0.29) is 27.8 Å². The van der Waals surface area contributed by atoms with Crippen LogP contribution in [0.1, 0.15) is 92.4 Å². The van der Waals surface area contributed by atoms with Crippen LogP contribution in [0, 0.1) is 57.7 Å². The summed E-state index contributed by atoms with van der Waals surface area (Å²) in [5, 5.41) is 0. The van der Waals surface area contributed by atoms with Crippen LogP contribution in [0.3, 0.4) is 0 Å². The first-order valence-electron chi connectivity index (χ1n) is 12.4. The van der Waals surface area contributed by atoms with Crippen molar-refractivity contribution in [3.63, 3.8) is 0 Å². The predicted molar refractivity (Wildman–Crippen MR) is 110 cm³/mol. The fraction of sp³-hybridized carbons (Fsp3) is 0.962.